The van der Waals surface area contributed by atoms with Crippen molar-refractivity contribution in [3.8, 4) is 11.4 Å². The molecule has 0 amide bonds. The van der Waals surface area contributed by atoms with Gasteiger partial charge in [-0.15, -0.1) is 0 Å². The Balaban J connectivity index is 2.44. The van der Waals surface area contributed by atoms with E-state index in [0.717, 1.165) is 5.56 Å². The quantitative estimate of drug-likeness (QED) is 0.909. The van der Waals surface area contributed by atoms with E-state index in [1.165, 1.54) is 6.07 Å². The predicted octanol–water partition coefficient (Wildman–Crippen LogP) is 2.24. The van der Waals surface area contributed by atoms with E-state index >= 15 is 0 Å². The highest BCUT2D eigenvalue weighted by Crippen LogP contribution is 2.17. The Labute approximate surface area is 103 Å². The van der Waals surface area contributed by atoms with E-state index in [-0.39, 0.29) is 5.56 Å². The first-order valence-electron chi connectivity index (χ1n) is 5.04. The van der Waals surface area contributed by atoms with Crippen molar-refractivity contribution in [2.45, 2.75) is 6.61 Å². The maximum absolute atomic E-state index is 11.4. The van der Waals surface area contributed by atoms with E-state index in [1.54, 1.807) is 31.4 Å². The molecule has 0 fully saturated rings. The lowest BCUT2D eigenvalue weighted by Gasteiger charge is -2.03. The monoisotopic (exact) mass is 250 g/mol. The fraction of sp³-hybridized carbons (Fsp3) is 0.167. The minimum absolute atomic E-state index is 0.197. The third-order valence-electron chi connectivity index (χ3n) is 2.20. The third-order valence-corrected chi connectivity index (χ3v) is 2.46. The van der Waals surface area contributed by atoms with Gasteiger partial charge in [0.15, 0.2) is 0 Å². The first-order valence-corrected chi connectivity index (χ1v) is 5.42. The van der Waals surface area contributed by atoms with Crippen molar-refractivity contribution in [1.29, 1.82) is 0 Å². The molecule has 0 aliphatic rings. The standard InChI is InChI=1S/C12H11ClN2O2/c1-17-7-10-6-11(16)15-12(14-10)8-2-4-9(13)5-3-8/h2-6H,7H2,1H3,(H,14,15,16). The molecule has 0 radical (unpaired) electrons. The number of hydrogen-bond donors (Lipinski definition) is 1. The van der Waals surface area contributed by atoms with Crippen LogP contribution in [0.3, 0.4) is 0 Å². The molecule has 0 atom stereocenters. The molecular weight excluding hydrogens is 240 g/mol. The van der Waals surface area contributed by atoms with Gasteiger partial charge in [0.1, 0.15) is 5.82 Å². The molecule has 88 valence electrons. The SMILES string of the molecule is COCc1cc(=O)[nH]c(-c2ccc(Cl)cc2)n1. The van der Waals surface area contributed by atoms with Crippen LogP contribution >= 0.6 is 11.6 Å². The normalized spacial score (nSPS) is 10.5. The van der Waals surface area contributed by atoms with Crippen LogP contribution in [0.1, 0.15) is 5.69 Å². The largest absolute Gasteiger partial charge is 0.378 e. The molecular formula is C12H11ClN2O2. The van der Waals surface area contributed by atoms with Crippen LogP contribution in [0.4, 0.5) is 0 Å². The summed E-state index contributed by atoms with van der Waals surface area (Å²) in [6.07, 6.45) is 0. The average Bonchev–Trinajstić information content (AvgIpc) is 2.29. The summed E-state index contributed by atoms with van der Waals surface area (Å²) < 4.78 is 4.96. The lowest BCUT2D eigenvalue weighted by Crippen LogP contribution is -2.10. The Morgan fingerprint density at radius 3 is 2.71 bits per heavy atom. The topological polar surface area (TPSA) is 55.0 Å². The van der Waals surface area contributed by atoms with Crippen molar-refractivity contribution in [3.05, 3.63) is 51.4 Å². The Morgan fingerprint density at radius 2 is 2.06 bits per heavy atom. The molecule has 1 N–H and O–H groups in total. The summed E-state index contributed by atoms with van der Waals surface area (Å²) in [4.78, 5) is 18.4. The average molecular weight is 251 g/mol. The summed E-state index contributed by atoms with van der Waals surface area (Å²) in [6, 6.07) is 8.52. The minimum Gasteiger partial charge on any atom is -0.378 e. The summed E-state index contributed by atoms with van der Waals surface area (Å²) >= 11 is 5.80. The number of aromatic nitrogens is 2. The van der Waals surface area contributed by atoms with Gasteiger partial charge in [-0.25, -0.2) is 4.98 Å². The molecule has 0 saturated carbocycles. The molecule has 17 heavy (non-hydrogen) atoms. The van der Waals surface area contributed by atoms with E-state index in [1.807, 2.05) is 0 Å². The fourth-order valence-corrected chi connectivity index (χ4v) is 1.60. The van der Waals surface area contributed by atoms with E-state index < -0.39 is 0 Å². The zero-order chi connectivity index (χ0) is 12.3. The molecule has 0 spiro atoms. The van der Waals surface area contributed by atoms with Crippen molar-refractivity contribution in [2.75, 3.05) is 7.11 Å². The molecule has 0 bridgehead atoms. The van der Waals surface area contributed by atoms with E-state index in [4.69, 9.17) is 16.3 Å². The maximum atomic E-state index is 11.4. The number of ether oxygens (including phenoxy) is 1. The molecule has 0 unspecified atom stereocenters. The highest BCUT2D eigenvalue weighted by molar-refractivity contribution is 6.30. The number of hydrogen-bond acceptors (Lipinski definition) is 3. The van der Waals surface area contributed by atoms with Crippen molar-refractivity contribution in [3.63, 3.8) is 0 Å². The van der Waals surface area contributed by atoms with Gasteiger partial charge >= 0.3 is 0 Å². The van der Waals surface area contributed by atoms with Crippen molar-refractivity contribution >= 4 is 11.6 Å². The molecule has 0 aliphatic carbocycles. The molecule has 1 heterocycles. The molecule has 2 aromatic rings. The first-order chi connectivity index (χ1) is 8.19. The number of nitrogens with one attached hydrogen (secondary N) is 1. The minimum atomic E-state index is -0.197. The Bertz CT molecular complexity index is 563. The van der Waals surface area contributed by atoms with Gasteiger partial charge in [0, 0.05) is 23.8 Å². The van der Waals surface area contributed by atoms with Crippen LogP contribution in [0.5, 0.6) is 0 Å². The van der Waals surface area contributed by atoms with Crippen LogP contribution < -0.4 is 5.56 Å². The zero-order valence-corrected chi connectivity index (χ0v) is 9.99. The summed E-state index contributed by atoms with van der Waals surface area (Å²) in [5.41, 5.74) is 1.21. The Hall–Kier alpha value is -1.65. The van der Waals surface area contributed by atoms with Gasteiger partial charge in [0.2, 0.25) is 0 Å². The van der Waals surface area contributed by atoms with Gasteiger partial charge in [-0.05, 0) is 24.3 Å². The number of methoxy groups -OCH3 is 1. The number of benzene rings is 1. The summed E-state index contributed by atoms with van der Waals surface area (Å²) in [5.74, 6) is 0.515. The summed E-state index contributed by atoms with van der Waals surface area (Å²) in [5, 5.41) is 0.643. The second kappa shape index (κ2) is 5.12. The summed E-state index contributed by atoms with van der Waals surface area (Å²) in [7, 11) is 1.56. The predicted molar refractivity (Wildman–Crippen MR) is 66.0 cm³/mol. The van der Waals surface area contributed by atoms with Gasteiger partial charge in [-0.2, -0.15) is 0 Å². The maximum Gasteiger partial charge on any atom is 0.251 e. The highest BCUT2D eigenvalue weighted by Gasteiger charge is 2.03. The van der Waals surface area contributed by atoms with Crippen molar-refractivity contribution < 1.29 is 4.74 Å². The van der Waals surface area contributed by atoms with Gasteiger partial charge < -0.3 is 9.72 Å². The number of aromatic amines is 1. The van der Waals surface area contributed by atoms with E-state index in [9.17, 15) is 4.79 Å². The van der Waals surface area contributed by atoms with Crippen LogP contribution in [-0.2, 0) is 11.3 Å². The van der Waals surface area contributed by atoms with Crippen molar-refractivity contribution in [1.82, 2.24) is 9.97 Å². The molecule has 0 saturated heterocycles. The number of nitrogens with zero attached hydrogens (tertiary/aromatic N) is 1. The van der Waals surface area contributed by atoms with Crippen molar-refractivity contribution in [2.24, 2.45) is 0 Å². The van der Waals surface area contributed by atoms with Gasteiger partial charge in [0.25, 0.3) is 5.56 Å². The van der Waals surface area contributed by atoms with Crippen LogP contribution in [0, 0.1) is 0 Å². The summed E-state index contributed by atoms with van der Waals surface area (Å²) in [6.45, 7) is 0.310. The van der Waals surface area contributed by atoms with Gasteiger partial charge in [0.05, 0.1) is 12.3 Å². The first kappa shape index (κ1) is 11.8. The molecule has 0 aliphatic heterocycles. The molecule has 1 aromatic carbocycles. The lowest BCUT2D eigenvalue weighted by atomic mass is 10.2. The number of rotatable bonds is 3. The lowest BCUT2D eigenvalue weighted by molar-refractivity contribution is 0.181. The van der Waals surface area contributed by atoms with E-state index in [0.29, 0.717) is 23.1 Å². The highest BCUT2D eigenvalue weighted by atomic mass is 35.5. The Kier molecular flexibility index (Phi) is 3.56. The molecule has 2 rings (SSSR count). The van der Waals surface area contributed by atoms with Crippen LogP contribution in [0.25, 0.3) is 11.4 Å². The second-order valence-corrected chi connectivity index (χ2v) is 3.96. The smallest absolute Gasteiger partial charge is 0.251 e. The number of halogens is 1. The Morgan fingerprint density at radius 1 is 1.35 bits per heavy atom. The molecule has 5 heteroatoms. The molecule has 4 nitrogen and oxygen atoms in total. The van der Waals surface area contributed by atoms with Crippen LogP contribution in [0.2, 0.25) is 5.02 Å². The second-order valence-electron chi connectivity index (χ2n) is 3.53. The van der Waals surface area contributed by atoms with E-state index in [2.05, 4.69) is 9.97 Å². The van der Waals surface area contributed by atoms with Gasteiger partial charge in [-0.1, -0.05) is 11.6 Å². The number of H-pyrrole nitrogens is 1. The van der Waals surface area contributed by atoms with Crippen LogP contribution in [-0.4, -0.2) is 17.1 Å². The zero-order valence-electron chi connectivity index (χ0n) is 9.24. The third kappa shape index (κ3) is 2.93. The molecule has 1 aromatic heterocycles. The van der Waals surface area contributed by atoms with Gasteiger partial charge in [-0.3, -0.25) is 4.79 Å². The van der Waals surface area contributed by atoms with Crippen LogP contribution in [0.15, 0.2) is 35.1 Å². The fourth-order valence-electron chi connectivity index (χ4n) is 1.47.